The number of anilines is 2. The van der Waals surface area contributed by atoms with Crippen molar-refractivity contribution in [3.05, 3.63) is 24.3 Å². The molecule has 2 heterocycles. The second-order valence-corrected chi connectivity index (χ2v) is 10.9. The molecule has 2 N–H and O–H groups in total. The lowest BCUT2D eigenvalue weighted by Crippen LogP contribution is -2.38. The molecule has 2 saturated heterocycles. The highest BCUT2D eigenvalue weighted by atomic mass is 32.2. The number of likely N-dealkylation sites (tertiary alicyclic amines) is 1. The van der Waals surface area contributed by atoms with Crippen LogP contribution in [0.3, 0.4) is 0 Å². The van der Waals surface area contributed by atoms with E-state index in [-0.39, 0.29) is 42.3 Å². The van der Waals surface area contributed by atoms with Gasteiger partial charge in [-0.05, 0) is 24.6 Å². The number of rotatable bonds is 5. The van der Waals surface area contributed by atoms with E-state index in [0.29, 0.717) is 17.8 Å². The number of nitrogens with one attached hydrogen (secondary N) is 2. The van der Waals surface area contributed by atoms with Crippen LogP contribution in [0.25, 0.3) is 0 Å². The van der Waals surface area contributed by atoms with Crippen LogP contribution in [-0.2, 0) is 29.4 Å². The van der Waals surface area contributed by atoms with E-state index in [1.807, 2.05) is 0 Å². The molecule has 2 amide bonds. The van der Waals surface area contributed by atoms with Crippen molar-refractivity contribution in [2.45, 2.75) is 18.9 Å². The summed E-state index contributed by atoms with van der Waals surface area (Å²) in [4.78, 5) is 26.2. The SMILES string of the molecule is CS(=O)(=O)Nc1cccc(NC(=O)[C@@H]2CC(=O)N([C@@H]3CCS(=O)(=O)C3)C2)c1. The quantitative estimate of drug-likeness (QED) is 0.698. The first kappa shape index (κ1) is 19.6. The first-order chi connectivity index (χ1) is 12.5. The summed E-state index contributed by atoms with van der Waals surface area (Å²) in [6.45, 7) is 0.187. The van der Waals surface area contributed by atoms with Gasteiger partial charge in [-0.15, -0.1) is 0 Å². The fourth-order valence-electron chi connectivity index (χ4n) is 3.40. The molecule has 2 aliphatic rings. The predicted molar refractivity (Wildman–Crippen MR) is 100 cm³/mol. The normalized spacial score (nSPS) is 24.8. The van der Waals surface area contributed by atoms with Crippen LogP contribution in [0.2, 0.25) is 0 Å². The zero-order valence-electron chi connectivity index (χ0n) is 14.7. The third-order valence-corrected chi connectivity index (χ3v) is 6.97. The Labute approximate surface area is 158 Å². The maximum Gasteiger partial charge on any atom is 0.229 e. The average molecular weight is 415 g/mol. The molecule has 27 heavy (non-hydrogen) atoms. The molecule has 2 fully saturated rings. The maximum absolute atomic E-state index is 12.5. The van der Waals surface area contributed by atoms with E-state index < -0.39 is 25.8 Å². The Hall–Kier alpha value is -2.14. The second kappa shape index (κ2) is 7.12. The van der Waals surface area contributed by atoms with E-state index in [1.54, 1.807) is 18.2 Å². The predicted octanol–water partition coefficient (Wildman–Crippen LogP) is 0.0322. The fourth-order valence-corrected chi connectivity index (χ4v) is 5.69. The van der Waals surface area contributed by atoms with Gasteiger partial charge in [0, 0.05) is 24.7 Å². The number of nitrogens with zero attached hydrogens (tertiary/aromatic N) is 1. The van der Waals surface area contributed by atoms with Gasteiger partial charge in [-0.1, -0.05) is 6.07 Å². The van der Waals surface area contributed by atoms with Crippen molar-refractivity contribution in [2.75, 3.05) is 34.3 Å². The summed E-state index contributed by atoms with van der Waals surface area (Å²) in [6, 6.07) is 5.89. The third kappa shape index (κ3) is 4.98. The Balaban J connectivity index is 1.64. The second-order valence-electron chi connectivity index (χ2n) is 6.95. The molecule has 0 aromatic heterocycles. The minimum atomic E-state index is -3.43. The highest BCUT2D eigenvalue weighted by molar-refractivity contribution is 7.92. The Morgan fingerprint density at radius 3 is 2.59 bits per heavy atom. The first-order valence-electron chi connectivity index (χ1n) is 8.41. The molecule has 0 unspecified atom stereocenters. The molecule has 2 atom stereocenters. The number of amides is 2. The summed E-state index contributed by atoms with van der Waals surface area (Å²) in [6.07, 6.45) is 1.46. The standard InChI is InChI=1S/C16H21N3O6S2/c1-26(22,23)18-13-4-2-3-12(8-13)17-16(21)11-7-15(20)19(9-11)14-5-6-27(24,25)10-14/h2-4,8,11,14,18H,5-7,9-10H2,1H3,(H,17,21)/t11-,14-/m1/s1. The van der Waals surface area contributed by atoms with Crippen LogP contribution in [0.5, 0.6) is 0 Å². The van der Waals surface area contributed by atoms with Gasteiger partial charge in [-0.25, -0.2) is 16.8 Å². The lowest BCUT2D eigenvalue weighted by atomic mass is 10.1. The number of hydrogen-bond donors (Lipinski definition) is 2. The van der Waals surface area contributed by atoms with Gasteiger partial charge in [0.05, 0.1) is 29.4 Å². The van der Waals surface area contributed by atoms with E-state index in [4.69, 9.17) is 0 Å². The minimum absolute atomic E-state index is 0.0314. The molecule has 148 valence electrons. The number of carbonyl (C=O) groups excluding carboxylic acids is 2. The molecule has 0 saturated carbocycles. The van der Waals surface area contributed by atoms with Gasteiger partial charge in [0.25, 0.3) is 0 Å². The number of hydrogen-bond acceptors (Lipinski definition) is 6. The summed E-state index contributed by atoms with van der Waals surface area (Å²) >= 11 is 0. The molecule has 2 aliphatic heterocycles. The summed E-state index contributed by atoms with van der Waals surface area (Å²) in [5.74, 6) is -1.13. The average Bonchev–Trinajstić information content (AvgIpc) is 3.08. The zero-order chi connectivity index (χ0) is 19.8. The van der Waals surface area contributed by atoms with E-state index >= 15 is 0 Å². The Bertz CT molecular complexity index is 974. The van der Waals surface area contributed by atoms with Gasteiger partial charge >= 0.3 is 0 Å². The van der Waals surface area contributed by atoms with Crippen molar-refractivity contribution in [3.8, 4) is 0 Å². The molecule has 0 bridgehead atoms. The van der Waals surface area contributed by atoms with Gasteiger partial charge in [-0.2, -0.15) is 0 Å². The lowest BCUT2D eigenvalue weighted by Gasteiger charge is -2.23. The maximum atomic E-state index is 12.5. The van der Waals surface area contributed by atoms with Crippen LogP contribution in [0.1, 0.15) is 12.8 Å². The molecule has 0 spiro atoms. The molecule has 3 rings (SSSR count). The molecule has 11 heteroatoms. The van der Waals surface area contributed by atoms with Crippen molar-refractivity contribution < 1.29 is 26.4 Å². The number of sulfone groups is 1. The van der Waals surface area contributed by atoms with Gasteiger partial charge in [0.1, 0.15) is 0 Å². The molecular formula is C16H21N3O6S2. The van der Waals surface area contributed by atoms with Crippen LogP contribution in [-0.4, -0.2) is 63.9 Å². The summed E-state index contributed by atoms with van der Waals surface area (Å²) < 4.78 is 48.2. The van der Waals surface area contributed by atoms with Gasteiger partial charge < -0.3 is 10.2 Å². The van der Waals surface area contributed by atoms with Crippen molar-refractivity contribution in [2.24, 2.45) is 5.92 Å². The smallest absolute Gasteiger partial charge is 0.229 e. The molecule has 0 radical (unpaired) electrons. The van der Waals surface area contributed by atoms with Crippen LogP contribution < -0.4 is 10.0 Å². The van der Waals surface area contributed by atoms with Crippen molar-refractivity contribution in [1.29, 1.82) is 0 Å². The summed E-state index contributed by atoms with van der Waals surface area (Å²) in [5.41, 5.74) is 0.721. The molecule has 0 aliphatic carbocycles. The van der Waals surface area contributed by atoms with Crippen LogP contribution in [0.4, 0.5) is 11.4 Å². The van der Waals surface area contributed by atoms with E-state index in [0.717, 1.165) is 6.26 Å². The van der Waals surface area contributed by atoms with Gasteiger partial charge in [0.15, 0.2) is 9.84 Å². The van der Waals surface area contributed by atoms with Crippen LogP contribution in [0, 0.1) is 5.92 Å². The molecule has 9 nitrogen and oxygen atoms in total. The fraction of sp³-hybridized carbons (Fsp3) is 0.500. The van der Waals surface area contributed by atoms with Crippen molar-refractivity contribution >= 4 is 43.0 Å². The third-order valence-electron chi connectivity index (χ3n) is 4.61. The Morgan fingerprint density at radius 2 is 1.96 bits per heavy atom. The highest BCUT2D eigenvalue weighted by Crippen LogP contribution is 2.27. The molecular weight excluding hydrogens is 394 g/mol. The number of benzene rings is 1. The van der Waals surface area contributed by atoms with E-state index in [9.17, 15) is 26.4 Å². The van der Waals surface area contributed by atoms with Crippen molar-refractivity contribution in [3.63, 3.8) is 0 Å². The zero-order valence-corrected chi connectivity index (χ0v) is 16.3. The summed E-state index contributed by atoms with van der Waals surface area (Å²) in [5, 5.41) is 2.69. The largest absolute Gasteiger partial charge is 0.338 e. The Kier molecular flexibility index (Phi) is 5.17. The number of carbonyl (C=O) groups is 2. The van der Waals surface area contributed by atoms with Gasteiger partial charge in [-0.3, -0.25) is 14.3 Å². The van der Waals surface area contributed by atoms with Crippen molar-refractivity contribution in [1.82, 2.24) is 4.90 Å². The van der Waals surface area contributed by atoms with E-state index in [2.05, 4.69) is 10.0 Å². The monoisotopic (exact) mass is 415 g/mol. The minimum Gasteiger partial charge on any atom is -0.338 e. The topological polar surface area (TPSA) is 130 Å². The lowest BCUT2D eigenvalue weighted by molar-refractivity contribution is -0.129. The molecule has 1 aromatic rings. The van der Waals surface area contributed by atoms with Crippen LogP contribution >= 0.6 is 0 Å². The summed E-state index contributed by atoms with van der Waals surface area (Å²) in [7, 11) is -6.55. The molecule has 1 aromatic carbocycles. The van der Waals surface area contributed by atoms with Crippen LogP contribution in [0.15, 0.2) is 24.3 Å². The van der Waals surface area contributed by atoms with E-state index in [1.165, 1.54) is 11.0 Å². The Morgan fingerprint density at radius 1 is 1.26 bits per heavy atom. The first-order valence-corrected chi connectivity index (χ1v) is 12.1. The van der Waals surface area contributed by atoms with Gasteiger partial charge in [0.2, 0.25) is 21.8 Å². The number of sulfonamides is 1. The highest BCUT2D eigenvalue weighted by Gasteiger charge is 2.41.